The first-order chi connectivity index (χ1) is 11.1. The SMILES string of the molecule is CCSC1=C(c2ccccc2)C(=O)N(c2cccc(F)c2)C1=O. The molecule has 1 aliphatic rings. The van der Waals surface area contributed by atoms with Crippen LogP contribution in [0.5, 0.6) is 0 Å². The molecule has 0 unspecified atom stereocenters. The molecular weight excluding hydrogens is 313 g/mol. The minimum Gasteiger partial charge on any atom is -0.268 e. The van der Waals surface area contributed by atoms with Gasteiger partial charge in [0.15, 0.2) is 0 Å². The Labute approximate surface area is 137 Å². The molecule has 1 aliphatic heterocycles. The lowest BCUT2D eigenvalue weighted by molar-refractivity contribution is -0.119. The number of hydrogen-bond donors (Lipinski definition) is 0. The monoisotopic (exact) mass is 327 g/mol. The van der Waals surface area contributed by atoms with Gasteiger partial charge in [0.25, 0.3) is 11.8 Å². The number of halogens is 1. The van der Waals surface area contributed by atoms with Gasteiger partial charge in [-0.15, -0.1) is 11.8 Å². The van der Waals surface area contributed by atoms with Crippen LogP contribution in [-0.2, 0) is 9.59 Å². The van der Waals surface area contributed by atoms with E-state index in [4.69, 9.17) is 0 Å². The normalized spacial score (nSPS) is 14.8. The van der Waals surface area contributed by atoms with E-state index in [1.807, 2.05) is 25.1 Å². The summed E-state index contributed by atoms with van der Waals surface area (Å²) >= 11 is 1.33. The molecule has 2 aromatic rings. The lowest BCUT2D eigenvalue weighted by Crippen LogP contribution is -2.31. The number of anilines is 1. The predicted molar refractivity (Wildman–Crippen MR) is 90.4 cm³/mol. The molecule has 5 heteroatoms. The Balaban J connectivity index is 2.10. The van der Waals surface area contributed by atoms with Crippen LogP contribution in [0.15, 0.2) is 59.5 Å². The van der Waals surface area contributed by atoms with Gasteiger partial charge in [-0.2, -0.15) is 0 Å². The third kappa shape index (κ3) is 2.80. The highest BCUT2D eigenvalue weighted by atomic mass is 32.2. The van der Waals surface area contributed by atoms with Crippen LogP contribution < -0.4 is 4.90 Å². The summed E-state index contributed by atoms with van der Waals surface area (Å²) in [5, 5.41) is 0. The zero-order chi connectivity index (χ0) is 16.4. The quantitative estimate of drug-likeness (QED) is 0.800. The summed E-state index contributed by atoms with van der Waals surface area (Å²) in [5.41, 5.74) is 1.33. The summed E-state index contributed by atoms with van der Waals surface area (Å²) in [7, 11) is 0. The van der Waals surface area contributed by atoms with Gasteiger partial charge in [0, 0.05) is 0 Å². The maximum absolute atomic E-state index is 13.5. The highest BCUT2D eigenvalue weighted by Gasteiger charge is 2.39. The largest absolute Gasteiger partial charge is 0.272 e. The Morgan fingerprint density at radius 2 is 1.74 bits per heavy atom. The summed E-state index contributed by atoms with van der Waals surface area (Å²) in [6.45, 7) is 1.92. The first kappa shape index (κ1) is 15.5. The van der Waals surface area contributed by atoms with Gasteiger partial charge in [-0.25, -0.2) is 9.29 Å². The highest BCUT2D eigenvalue weighted by molar-refractivity contribution is 8.04. The molecule has 0 aliphatic carbocycles. The molecule has 23 heavy (non-hydrogen) atoms. The molecule has 1 heterocycles. The lowest BCUT2D eigenvalue weighted by Gasteiger charge is -2.15. The second-order valence-corrected chi connectivity index (χ2v) is 6.20. The molecule has 0 saturated carbocycles. The van der Waals surface area contributed by atoms with Crippen molar-refractivity contribution in [3.63, 3.8) is 0 Å². The first-order valence-electron chi connectivity index (χ1n) is 7.20. The summed E-state index contributed by atoms with van der Waals surface area (Å²) in [6.07, 6.45) is 0. The van der Waals surface area contributed by atoms with Crippen LogP contribution in [0.3, 0.4) is 0 Å². The smallest absolute Gasteiger partial charge is 0.268 e. The van der Waals surface area contributed by atoms with Crippen molar-refractivity contribution in [3.8, 4) is 0 Å². The second kappa shape index (κ2) is 6.38. The Bertz CT molecular complexity index is 802. The molecule has 116 valence electrons. The predicted octanol–water partition coefficient (Wildman–Crippen LogP) is 3.86. The molecule has 0 bridgehead atoms. The molecule has 0 N–H and O–H groups in total. The molecular formula is C18H14FNO2S. The maximum Gasteiger partial charge on any atom is 0.272 e. The minimum absolute atomic E-state index is 0.250. The van der Waals surface area contributed by atoms with Crippen molar-refractivity contribution in [2.24, 2.45) is 0 Å². The van der Waals surface area contributed by atoms with Gasteiger partial charge in [0.05, 0.1) is 16.2 Å². The number of rotatable bonds is 4. The third-order valence-electron chi connectivity index (χ3n) is 3.46. The Hall–Kier alpha value is -2.40. The van der Waals surface area contributed by atoms with Crippen molar-refractivity contribution in [1.82, 2.24) is 0 Å². The van der Waals surface area contributed by atoms with Crippen molar-refractivity contribution in [3.05, 3.63) is 70.9 Å². The van der Waals surface area contributed by atoms with Crippen molar-refractivity contribution < 1.29 is 14.0 Å². The van der Waals surface area contributed by atoms with Gasteiger partial charge < -0.3 is 0 Å². The average Bonchev–Trinajstić information content (AvgIpc) is 2.79. The van der Waals surface area contributed by atoms with E-state index in [0.29, 0.717) is 21.8 Å². The van der Waals surface area contributed by atoms with E-state index >= 15 is 0 Å². The lowest BCUT2D eigenvalue weighted by atomic mass is 10.1. The van der Waals surface area contributed by atoms with Crippen LogP contribution in [0.2, 0.25) is 0 Å². The Morgan fingerprint density at radius 1 is 1.00 bits per heavy atom. The number of carbonyl (C=O) groups excluding carboxylic acids is 2. The van der Waals surface area contributed by atoms with E-state index < -0.39 is 17.6 Å². The number of benzene rings is 2. The molecule has 0 aromatic heterocycles. The van der Waals surface area contributed by atoms with Gasteiger partial charge in [-0.1, -0.05) is 43.3 Å². The van der Waals surface area contributed by atoms with Crippen LogP contribution in [-0.4, -0.2) is 17.6 Å². The zero-order valence-corrected chi connectivity index (χ0v) is 13.3. The topological polar surface area (TPSA) is 37.4 Å². The molecule has 3 nitrogen and oxygen atoms in total. The highest BCUT2D eigenvalue weighted by Crippen LogP contribution is 2.38. The Kier molecular flexibility index (Phi) is 4.30. The van der Waals surface area contributed by atoms with Crippen molar-refractivity contribution in [2.45, 2.75) is 6.92 Å². The summed E-state index contributed by atoms with van der Waals surface area (Å²) in [6, 6.07) is 14.6. The average molecular weight is 327 g/mol. The van der Waals surface area contributed by atoms with E-state index in [1.54, 1.807) is 18.2 Å². The number of nitrogens with zero attached hydrogens (tertiary/aromatic N) is 1. The van der Waals surface area contributed by atoms with Gasteiger partial charge in [-0.05, 0) is 29.5 Å². The fourth-order valence-electron chi connectivity index (χ4n) is 2.50. The van der Waals surface area contributed by atoms with Crippen LogP contribution >= 0.6 is 11.8 Å². The molecule has 0 atom stereocenters. The van der Waals surface area contributed by atoms with E-state index in [2.05, 4.69) is 0 Å². The number of imide groups is 1. The van der Waals surface area contributed by atoms with Crippen molar-refractivity contribution >= 4 is 34.8 Å². The van der Waals surface area contributed by atoms with Crippen molar-refractivity contribution in [2.75, 3.05) is 10.7 Å². The molecule has 0 radical (unpaired) electrons. The zero-order valence-electron chi connectivity index (χ0n) is 12.5. The number of hydrogen-bond acceptors (Lipinski definition) is 3. The van der Waals surface area contributed by atoms with Gasteiger partial charge in [-0.3, -0.25) is 9.59 Å². The summed E-state index contributed by atoms with van der Waals surface area (Å²) in [5.74, 6) is -0.628. The minimum atomic E-state index is -0.485. The van der Waals surface area contributed by atoms with E-state index in [0.717, 1.165) is 4.90 Å². The molecule has 2 amide bonds. The summed E-state index contributed by atoms with van der Waals surface area (Å²) < 4.78 is 13.5. The fourth-order valence-corrected chi connectivity index (χ4v) is 3.35. The maximum atomic E-state index is 13.5. The number of amides is 2. The van der Waals surface area contributed by atoms with Gasteiger partial charge in [0.2, 0.25) is 0 Å². The molecule has 3 rings (SSSR count). The third-order valence-corrected chi connectivity index (χ3v) is 4.41. The van der Waals surface area contributed by atoms with E-state index in [9.17, 15) is 14.0 Å². The molecule has 2 aromatic carbocycles. The number of thioether (sulfide) groups is 1. The van der Waals surface area contributed by atoms with Crippen LogP contribution in [0, 0.1) is 5.82 Å². The second-order valence-electron chi connectivity index (χ2n) is 4.93. The summed E-state index contributed by atoms with van der Waals surface area (Å²) in [4.78, 5) is 27.0. The molecule has 0 saturated heterocycles. The van der Waals surface area contributed by atoms with Crippen LogP contribution in [0.25, 0.3) is 5.57 Å². The van der Waals surface area contributed by atoms with Crippen LogP contribution in [0.1, 0.15) is 12.5 Å². The van der Waals surface area contributed by atoms with Gasteiger partial charge in [0.1, 0.15) is 5.82 Å². The molecule has 0 fully saturated rings. The van der Waals surface area contributed by atoms with Crippen molar-refractivity contribution in [1.29, 1.82) is 0 Å². The van der Waals surface area contributed by atoms with Gasteiger partial charge >= 0.3 is 0 Å². The Morgan fingerprint density at radius 3 is 2.39 bits per heavy atom. The standard InChI is InChI=1S/C18H14FNO2S/c1-2-23-16-15(12-7-4-3-5-8-12)17(21)20(18(16)22)14-10-6-9-13(19)11-14/h3-11H,2H2,1H3. The molecule has 0 spiro atoms. The number of carbonyl (C=O) groups is 2. The van der Waals surface area contributed by atoms with E-state index in [1.165, 1.54) is 30.0 Å². The first-order valence-corrected chi connectivity index (χ1v) is 8.19. The van der Waals surface area contributed by atoms with E-state index in [-0.39, 0.29) is 5.69 Å². The fraction of sp³-hybridized carbons (Fsp3) is 0.111. The van der Waals surface area contributed by atoms with Crippen LogP contribution in [0.4, 0.5) is 10.1 Å².